The third-order valence-electron chi connectivity index (χ3n) is 24.2. The second-order valence-corrected chi connectivity index (χ2v) is 34.3. The molecule has 122 heavy (non-hydrogen) atoms. The maximum Gasteiger partial charge on any atom is 0.409 e. The van der Waals surface area contributed by atoms with Gasteiger partial charge in [0.15, 0.2) is 11.3 Å². The molecule has 1 aliphatic carbocycles. The van der Waals surface area contributed by atoms with Crippen LogP contribution in [0.5, 0.6) is 11.5 Å². The number of rotatable bonds is 27. The fraction of sp³-hybridized carbons (Fsp3) is 0.517. The van der Waals surface area contributed by atoms with Crippen LogP contribution in [0.2, 0.25) is 5.02 Å². The predicted octanol–water partition coefficient (Wildman–Crippen LogP) is 3.82. The van der Waals surface area contributed by atoms with Gasteiger partial charge in [0.1, 0.15) is 64.5 Å². The van der Waals surface area contributed by atoms with Gasteiger partial charge in [-0.1, -0.05) is 109 Å². The number of imide groups is 1. The summed E-state index contributed by atoms with van der Waals surface area (Å²) in [6.45, 7) is 8.12. The third kappa shape index (κ3) is 20.9. The van der Waals surface area contributed by atoms with Crippen molar-refractivity contribution < 1.29 is 96.5 Å². The minimum absolute atomic E-state index is 0.0108. The Morgan fingerprint density at radius 3 is 2.23 bits per heavy atom. The number of para-hydroxylation sites is 1. The molecule has 5 aromatic rings. The van der Waals surface area contributed by atoms with Crippen molar-refractivity contribution >= 4 is 111 Å². The van der Waals surface area contributed by atoms with Crippen LogP contribution in [0.1, 0.15) is 115 Å². The second-order valence-electron chi connectivity index (χ2n) is 32.6. The Bertz CT molecular complexity index is 4770. The number of anilines is 1. The van der Waals surface area contributed by atoms with Gasteiger partial charge in [-0.2, -0.15) is 0 Å². The van der Waals surface area contributed by atoms with E-state index in [1.165, 1.54) is 72.3 Å². The number of nitrogens with one attached hydrogen (secondary N) is 8. The lowest BCUT2D eigenvalue weighted by Gasteiger charge is -2.58. The molecule has 658 valence electrons. The predicted molar refractivity (Wildman–Crippen MR) is 452 cm³/mol. The van der Waals surface area contributed by atoms with Crippen LogP contribution in [0, 0.1) is 11.8 Å². The number of phenolic OH excluding ortho intramolecular Hbond substituents is 1. The van der Waals surface area contributed by atoms with E-state index in [1.54, 1.807) is 80.6 Å². The molecule has 1 saturated carbocycles. The van der Waals surface area contributed by atoms with Crippen molar-refractivity contribution in [1.82, 2.24) is 56.9 Å². The molecule has 0 radical (unpaired) electrons. The fourth-order valence-corrected chi connectivity index (χ4v) is 18.6. The summed E-state index contributed by atoms with van der Waals surface area (Å²) >= 11 is 8.00. The zero-order valence-corrected chi connectivity index (χ0v) is 71.8. The number of carbonyl (C=O) groups excluding carboxylic acids is 12. The second kappa shape index (κ2) is 40.2. The first-order chi connectivity index (χ1) is 58.1. The minimum Gasteiger partial charge on any atom is -0.508 e. The van der Waals surface area contributed by atoms with Gasteiger partial charge in [0.25, 0.3) is 0 Å². The molecular weight excluding hydrogens is 1610 g/mol. The van der Waals surface area contributed by atoms with Crippen LogP contribution in [0.4, 0.5) is 10.5 Å². The summed E-state index contributed by atoms with van der Waals surface area (Å²) in [4.78, 5) is 183. The molecule has 2 unspecified atom stereocenters. The lowest BCUT2D eigenvalue weighted by molar-refractivity contribution is -0.265. The number of aliphatic hydroxyl groups is 2. The monoisotopic (exact) mass is 1730 g/mol. The Hall–Kier alpha value is -10.5. The largest absolute Gasteiger partial charge is 0.508 e. The Kier molecular flexibility index (Phi) is 30.4. The topological polar surface area (TPSA) is 454 Å². The molecule has 5 aliphatic heterocycles. The molecule has 6 aliphatic rings. The summed E-state index contributed by atoms with van der Waals surface area (Å²) < 4.78 is 30.8. The van der Waals surface area contributed by atoms with Crippen molar-refractivity contribution in [3.05, 3.63) is 148 Å². The van der Waals surface area contributed by atoms with E-state index in [-0.39, 0.29) is 99.0 Å². The van der Waals surface area contributed by atoms with E-state index in [4.69, 9.17) is 41.0 Å². The average molecular weight is 1730 g/mol. The van der Waals surface area contributed by atoms with Crippen molar-refractivity contribution in [1.29, 1.82) is 0 Å². The molecule has 0 spiro atoms. The molecule has 11 amide bonds. The molecular formula is C87H112ClN13O20S. The summed E-state index contributed by atoms with van der Waals surface area (Å²) in [7, 11) is 6.94. The smallest absolute Gasteiger partial charge is 0.409 e. The number of phenols is 1. The Morgan fingerprint density at radius 1 is 0.820 bits per heavy atom. The number of alkyl carbamates (subject to hydrolysis) is 1. The maximum absolute atomic E-state index is 15.3. The van der Waals surface area contributed by atoms with E-state index in [1.807, 2.05) is 37.4 Å². The van der Waals surface area contributed by atoms with E-state index in [0.717, 1.165) is 54.1 Å². The highest BCUT2D eigenvalue weighted by atomic mass is 35.5. The standard InChI is InChI=1S/C87H112ClN13O20S/c1-48-20-18-26-67(118-10)87(116)75-74(119-84(115)97-87)49(2)76-85(5,120-76)86(75,45-71(107)99(7)64-41-54(38-48)42-65(117-9)72(64)88)121-83(114)50(3)98(6)69(105)33-37-122-66-44-70(106)101(82(66)113)36-19-35-90-68(104)32-31-63-79(110)94-61(39-53-27-29-57(103)30-28-53)78(109)93-56(43-55-46-91-59-24-15-14-23-58(55)59)47-92-60(25-16-17-34-89)77(108)96-73(51(4)102)80(111)95-62(81(112)100(63)8)40-52-21-12-11-13-22-52/h11-15,18,20-24,26-30,41-42,46,49-51,56,60-63,66-67,73-76,91-92,102-103,116H,16-17,19,25,31-40,43-45,47,89H2,1-10H3,(H,90,104)(H,93,109)(H,94,110)(H,95,111)(H,96,108)(H,97,115)/b26-18+,48-20+/t49-,50+,51-,56-,60+,61+,62+,63+,66?,67-,73+,74-,75?,76+,85-,86-,87-/m1/s1. The number of aromatic nitrogens is 1. The number of nitrogens with zero attached hydrogens (tertiary/aromatic N) is 4. The van der Waals surface area contributed by atoms with Crippen LogP contribution in [0.25, 0.3) is 10.9 Å². The summed E-state index contributed by atoms with van der Waals surface area (Å²) in [6.07, 6.45) is 0.620. The third-order valence-corrected chi connectivity index (χ3v) is 25.8. The van der Waals surface area contributed by atoms with Crippen molar-refractivity contribution in [3.8, 4) is 11.5 Å². The number of hydrogen-bond acceptors (Lipinski definition) is 23. The van der Waals surface area contributed by atoms with E-state index < -0.39 is 185 Å². The maximum atomic E-state index is 15.3. The average Bonchev–Trinajstić information content (AvgIpc) is 1.48. The Labute approximate surface area is 717 Å². The highest BCUT2D eigenvalue weighted by molar-refractivity contribution is 8.00. The van der Waals surface area contributed by atoms with E-state index >= 15 is 24.0 Å². The molecule has 2 bridgehead atoms. The number of nitrogens with two attached hydrogens (primary N) is 1. The molecule has 33 nitrogen and oxygen atoms in total. The van der Waals surface area contributed by atoms with Gasteiger partial charge in [-0.25, -0.2) is 9.59 Å². The van der Waals surface area contributed by atoms with Gasteiger partial charge in [-0.15, -0.1) is 11.8 Å². The zero-order valence-electron chi connectivity index (χ0n) is 70.2. The first-order valence-corrected chi connectivity index (χ1v) is 42.6. The summed E-state index contributed by atoms with van der Waals surface area (Å²) in [5.41, 5.74) is 4.27. The minimum atomic E-state index is -2.46. The number of halogens is 1. The number of likely N-dealkylation sites (N-methyl/N-ethyl adjacent to an activating group) is 2. The van der Waals surface area contributed by atoms with Crippen molar-refractivity contribution in [2.24, 2.45) is 17.6 Å². The van der Waals surface area contributed by atoms with Crippen LogP contribution < -0.4 is 52.6 Å². The first-order valence-electron chi connectivity index (χ1n) is 41.2. The zero-order chi connectivity index (χ0) is 88.2. The molecule has 11 rings (SSSR count). The van der Waals surface area contributed by atoms with Gasteiger partial charge < -0.3 is 96.3 Å². The normalized spacial score (nSPS) is 28.6. The van der Waals surface area contributed by atoms with E-state index in [0.29, 0.717) is 36.9 Å². The number of methoxy groups -OCH3 is 2. The number of allylic oxidation sites excluding steroid dienone is 3. The van der Waals surface area contributed by atoms with Crippen molar-refractivity contribution in [2.75, 3.05) is 72.2 Å². The van der Waals surface area contributed by atoms with Gasteiger partial charge in [0.05, 0.1) is 48.6 Å². The van der Waals surface area contributed by atoms with Crippen molar-refractivity contribution in [2.45, 2.75) is 207 Å². The SMILES string of the molecule is COc1cc2cc(c1Cl)N(C)C(=O)C[C@@]1(OC(=O)[C@H](C)N(C)C(=O)CCSC3CC(=O)N(CCCNC(=O)CC[C@H]4C(=O)N[C@@H](Cc5ccc(O)cc5)C(=O)N[C@H](Cc5c[nH]c6ccccc56)CN[C@@H](CCCCN)C(=O)N[C@@H]([C@@H](C)O)C(=O)N[C@@H](Cc5ccccc5)C(=O)N4C)C3=O)C3[C@H](OC(=O)N[C@@]3(O)[C@H](OC)/C=C/C=C(\C)C2)[C@@H](C)[C@@H]2O[C@]21C. The quantitative estimate of drug-likeness (QED) is 0.0154. The van der Waals surface area contributed by atoms with Crippen LogP contribution in [-0.2, 0) is 97.4 Å². The van der Waals surface area contributed by atoms with Gasteiger partial charge in [0, 0.05) is 115 Å². The first kappa shape index (κ1) is 92.3. The molecule has 35 heteroatoms. The number of aromatic amines is 1. The number of aromatic hydroxyl groups is 1. The molecule has 5 fully saturated rings. The number of benzene rings is 4. The highest BCUT2D eigenvalue weighted by Crippen LogP contribution is 2.65. The van der Waals surface area contributed by atoms with Crippen molar-refractivity contribution in [3.63, 3.8) is 0 Å². The van der Waals surface area contributed by atoms with E-state index in [9.17, 15) is 48.9 Å². The van der Waals surface area contributed by atoms with Gasteiger partial charge in [-0.3, -0.25) is 58.2 Å². The molecule has 4 aromatic carbocycles. The molecule has 13 N–H and O–H groups in total. The lowest BCUT2D eigenvalue weighted by Crippen LogP contribution is -2.79. The Morgan fingerprint density at radius 2 is 1.52 bits per heavy atom. The van der Waals surface area contributed by atoms with E-state index in [2.05, 4.69) is 42.2 Å². The van der Waals surface area contributed by atoms with Crippen LogP contribution in [-0.4, -0.2) is 262 Å². The van der Waals surface area contributed by atoms with Crippen LogP contribution in [0.3, 0.4) is 0 Å². The van der Waals surface area contributed by atoms with Gasteiger partial charge in [0.2, 0.25) is 59.1 Å². The number of amides is 11. The van der Waals surface area contributed by atoms with Gasteiger partial charge >= 0.3 is 12.1 Å². The number of aliphatic hydroxyl groups excluding tert-OH is 1. The summed E-state index contributed by atoms with van der Waals surface area (Å²) in [6, 6.07) is 16.6. The molecule has 17 atom stereocenters. The summed E-state index contributed by atoms with van der Waals surface area (Å²) in [5, 5.41) is 54.9. The fourth-order valence-electron chi connectivity index (χ4n) is 17.2. The number of fused-ring (bicyclic) bond motifs is 5. The number of esters is 1. The number of likely N-dealkylation sites (tertiary alicyclic amines) is 1. The Balaban J connectivity index is 0.759. The summed E-state index contributed by atoms with van der Waals surface area (Å²) in [5.74, 6) is -9.72. The number of hydrogen-bond donors (Lipinski definition) is 12. The number of H-pyrrole nitrogens is 1. The molecule has 4 saturated heterocycles. The molecule has 1 aromatic heterocycles. The molecule has 6 heterocycles. The number of ether oxygens (including phenoxy) is 5. The number of carbonyl (C=O) groups is 12. The van der Waals surface area contributed by atoms with Crippen LogP contribution in [0.15, 0.2) is 121 Å². The number of unbranched alkanes of at least 4 members (excludes halogenated alkanes) is 1. The lowest BCUT2D eigenvalue weighted by atomic mass is 9.57. The van der Waals surface area contributed by atoms with Crippen LogP contribution >= 0.6 is 23.4 Å². The number of thioether (sulfide) groups is 1. The highest BCUT2D eigenvalue weighted by Gasteiger charge is 2.83. The van der Waals surface area contributed by atoms with Gasteiger partial charge in [-0.05, 0) is 125 Å². The number of epoxide rings is 1.